The van der Waals surface area contributed by atoms with E-state index in [1.807, 2.05) is 55.7 Å². The van der Waals surface area contributed by atoms with Gasteiger partial charge in [-0.1, -0.05) is 58.0 Å². The molecule has 0 aliphatic rings. The van der Waals surface area contributed by atoms with Crippen molar-refractivity contribution in [1.82, 2.24) is 14.8 Å². The van der Waals surface area contributed by atoms with Crippen LogP contribution in [-0.2, 0) is 20.9 Å². The zero-order valence-corrected chi connectivity index (χ0v) is 26.0. The lowest BCUT2D eigenvalue weighted by atomic mass is 9.82. The van der Waals surface area contributed by atoms with E-state index in [2.05, 4.69) is 5.32 Å². The highest BCUT2D eigenvalue weighted by molar-refractivity contribution is 5.82. The molecule has 10 heteroatoms. The molecule has 4 N–H and O–H groups in total. The van der Waals surface area contributed by atoms with E-state index >= 15 is 0 Å². The van der Waals surface area contributed by atoms with Crippen LogP contribution >= 0.6 is 0 Å². The fourth-order valence-electron chi connectivity index (χ4n) is 5.31. The Morgan fingerprint density at radius 1 is 1.07 bits per heavy atom. The zero-order chi connectivity index (χ0) is 32.4. The SMILES string of the molecule is CCC(=O)CCCNC(=O)[C@@H](N)CCN(C(=O)CO)[C@@H](c1cc(-c2cc(F)ccc2F)cn1Cc1ccccc1)C(C)(C)C. The summed E-state index contributed by atoms with van der Waals surface area (Å²) >= 11 is 0. The van der Waals surface area contributed by atoms with Gasteiger partial charge >= 0.3 is 0 Å². The molecule has 1 aromatic heterocycles. The molecule has 0 aliphatic carbocycles. The minimum absolute atomic E-state index is 0.0599. The van der Waals surface area contributed by atoms with E-state index in [0.29, 0.717) is 43.6 Å². The Balaban J connectivity index is 1.97. The number of nitrogens with zero attached hydrogens (tertiary/aromatic N) is 2. The van der Waals surface area contributed by atoms with Crippen molar-refractivity contribution in [3.63, 3.8) is 0 Å². The Hall–Kier alpha value is -3.89. The minimum atomic E-state index is -0.931. The topological polar surface area (TPSA) is 118 Å². The number of hydrogen-bond acceptors (Lipinski definition) is 5. The van der Waals surface area contributed by atoms with E-state index in [1.54, 1.807) is 19.2 Å². The summed E-state index contributed by atoms with van der Waals surface area (Å²) < 4.78 is 31.0. The third-order valence-electron chi connectivity index (χ3n) is 7.58. The van der Waals surface area contributed by atoms with Crippen LogP contribution in [0, 0.1) is 17.0 Å². The molecule has 3 aromatic rings. The van der Waals surface area contributed by atoms with Gasteiger partial charge in [-0.15, -0.1) is 0 Å². The molecule has 0 saturated carbocycles. The second-order valence-electron chi connectivity index (χ2n) is 12.1. The zero-order valence-electron chi connectivity index (χ0n) is 26.0. The first-order valence-corrected chi connectivity index (χ1v) is 15.0. The molecular formula is C34H44F2N4O4. The van der Waals surface area contributed by atoms with Crippen LogP contribution in [0.15, 0.2) is 60.8 Å². The van der Waals surface area contributed by atoms with Crippen LogP contribution in [0.25, 0.3) is 11.1 Å². The van der Waals surface area contributed by atoms with Gasteiger partial charge in [0.1, 0.15) is 24.0 Å². The lowest BCUT2D eigenvalue weighted by molar-refractivity contribution is -0.140. The summed E-state index contributed by atoms with van der Waals surface area (Å²) in [4.78, 5) is 39.0. The van der Waals surface area contributed by atoms with E-state index < -0.39 is 47.6 Å². The van der Waals surface area contributed by atoms with Crippen molar-refractivity contribution >= 4 is 17.6 Å². The number of carbonyl (C=O) groups excluding carboxylic acids is 3. The standard InChI is InChI=1S/C34H44F2N4O4/c1-5-26(42)12-9-16-38-33(44)29(37)15-17-40(31(43)22-41)32(34(2,3)4)30-18-24(27-19-25(35)13-14-28(27)36)21-39(30)20-23-10-7-6-8-11-23/h6-8,10-11,13-14,18-19,21,29,32,41H,5,9,12,15-17,20,22,37H2,1-4H3,(H,38,44)/t29-,32-/m0/s1. The highest BCUT2D eigenvalue weighted by Gasteiger charge is 2.37. The number of amides is 2. The van der Waals surface area contributed by atoms with E-state index in [9.17, 15) is 28.3 Å². The number of aliphatic hydroxyl groups excluding tert-OH is 1. The number of hydrogen-bond donors (Lipinski definition) is 3. The molecule has 0 fully saturated rings. The molecule has 0 radical (unpaired) electrons. The number of nitrogens with one attached hydrogen (secondary N) is 1. The average molecular weight is 611 g/mol. The number of benzene rings is 2. The van der Waals surface area contributed by atoms with E-state index in [0.717, 1.165) is 23.8 Å². The van der Waals surface area contributed by atoms with Gasteiger partial charge in [-0.3, -0.25) is 14.4 Å². The fourth-order valence-corrected chi connectivity index (χ4v) is 5.31. The number of nitrogens with two attached hydrogens (primary N) is 1. The van der Waals surface area contributed by atoms with Gasteiger partial charge in [0.25, 0.3) is 0 Å². The molecule has 2 aromatic carbocycles. The van der Waals surface area contributed by atoms with E-state index in [1.165, 1.54) is 4.90 Å². The van der Waals surface area contributed by atoms with E-state index in [4.69, 9.17) is 5.73 Å². The molecular weight excluding hydrogens is 566 g/mol. The lowest BCUT2D eigenvalue weighted by Crippen LogP contribution is -2.47. The lowest BCUT2D eigenvalue weighted by Gasteiger charge is -2.41. The Morgan fingerprint density at radius 3 is 2.41 bits per heavy atom. The van der Waals surface area contributed by atoms with Crippen LogP contribution in [0.3, 0.4) is 0 Å². The first kappa shape index (κ1) is 34.6. The monoisotopic (exact) mass is 610 g/mol. The van der Waals surface area contributed by atoms with Gasteiger partial charge in [-0.2, -0.15) is 0 Å². The van der Waals surface area contributed by atoms with Crippen LogP contribution in [-0.4, -0.2) is 57.9 Å². The Labute approximate surface area is 258 Å². The average Bonchev–Trinajstić information content (AvgIpc) is 3.39. The van der Waals surface area contributed by atoms with Crippen molar-refractivity contribution in [2.24, 2.45) is 11.1 Å². The summed E-state index contributed by atoms with van der Waals surface area (Å²) in [5, 5.41) is 12.7. The van der Waals surface area contributed by atoms with Gasteiger partial charge in [-0.05, 0) is 48.1 Å². The second-order valence-corrected chi connectivity index (χ2v) is 12.1. The number of aliphatic hydroxyl groups is 1. The van der Waals surface area contributed by atoms with Crippen molar-refractivity contribution in [3.05, 3.63) is 83.7 Å². The van der Waals surface area contributed by atoms with Crippen LogP contribution in [0.1, 0.15) is 70.7 Å². The molecule has 8 nitrogen and oxygen atoms in total. The third kappa shape index (κ3) is 9.30. The maximum atomic E-state index is 14.9. The van der Waals surface area contributed by atoms with Gasteiger partial charge in [0.15, 0.2) is 0 Å². The quantitative estimate of drug-likeness (QED) is 0.210. The number of aromatic nitrogens is 1. The number of ketones is 1. The summed E-state index contributed by atoms with van der Waals surface area (Å²) in [6.07, 6.45) is 3.19. The molecule has 44 heavy (non-hydrogen) atoms. The van der Waals surface area contributed by atoms with Gasteiger partial charge < -0.3 is 25.6 Å². The molecule has 2 atom stereocenters. The number of rotatable bonds is 15. The molecule has 0 unspecified atom stereocenters. The summed E-state index contributed by atoms with van der Waals surface area (Å²) in [6.45, 7) is 7.64. The largest absolute Gasteiger partial charge is 0.387 e. The predicted octanol–water partition coefficient (Wildman–Crippen LogP) is 4.98. The molecule has 0 spiro atoms. The van der Waals surface area contributed by atoms with Crippen molar-refractivity contribution < 1.29 is 28.3 Å². The number of carbonyl (C=O) groups is 3. The third-order valence-corrected chi connectivity index (χ3v) is 7.58. The Morgan fingerprint density at radius 2 is 1.77 bits per heavy atom. The molecule has 1 heterocycles. The van der Waals surface area contributed by atoms with Crippen LogP contribution in [0.4, 0.5) is 8.78 Å². The van der Waals surface area contributed by atoms with Crippen molar-refractivity contribution in [2.45, 2.75) is 72.0 Å². The molecule has 2 amide bonds. The van der Waals surface area contributed by atoms with Crippen LogP contribution < -0.4 is 11.1 Å². The molecule has 0 saturated heterocycles. The normalized spacial score (nSPS) is 12.9. The van der Waals surface area contributed by atoms with Gasteiger partial charge in [-0.25, -0.2) is 8.78 Å². The molecule has 3 rings (SSSR count). The first-order chi connectivity index (χ1) is 20.8. The Bertz CT molecular complexity index is 1420. The minimum Gasteiger partial charge on any atom is -0.387 e. The van der Waals surface area contributed by atoms with Crippen molar-refractivity contribution in [3.8, 4) is 11.1 Å². The van der Waals surface area contributed by atoms with E-state index in [-0.39, 0.29) is 24.3 Å². The summed E-state index contributed by atoms with van der Waals surface area (Å²) in [6, 6.07) is 13.1. The maximum Gasteiger partial charge on any atom is 0.248 e. The first-order valence-electron chi connectivity index (χ1n) is 15.0. The second kappa shape index (κ2) is 15.7. The predicted molar refractivity (Wildman–Crippen MR) is 166 cm³/mol. The van der Waals surface area contributed by atoms with Crippen molar-refractivity contribution in [1.29, 1.82) is 0 Å². The molecule has 0 aliphatic heterocycles. The fraction of sp³-hybridized carbons (Fsp3) is 0.441. The molecule has 238 valence electrons. The number of Topliss-reactive ketones (excluding diaryl/α,β-unsaturated/α-hetero) is 1. The Kier molecular flexibility index (Phi) is 12.4. The summed E-state index contributed by atoms with van der Waals surface area (Å²) in [5.41, 5.74) is 7.76. The van der Waals surface area contributed by atoms with Crippen molar-refractivity contribution in [2.75, 3.05) is 19.7 Å². The molecule has 0 bridgehead atoms. The summed E-state index contributed by atoms with van der Waals surface area (Å²) in [7, 11) is 0. The number of halogens is 2. The van der Waals surface area contributed by atoms with Crippen LogP contribution in [0.2, 0.25) is 0 Å². The maximum absolute atomic E-state index is 14.9. The van der Waals surface area contributed by atoms with Gasteiger partial charge in [0.05, 0.1) is 12.1 Å². The van der Waals surface area contributed by atoms with Gasteiger partial charge in [0.2, 0.25) is 11.8 Å². The van der Waals surface area contributed by atoms with Gasteiger partial charge in [0, 0.05) is 55.5 Å². The summed E-state index contributed by atoms with van der Waals surface area (Å²) in [5.74, 6) is -1.99. The smallest absolute Gasteiger partial charge is 0.248 e. The van der Waals surface area contributed by atoms with Crippen LogP contribution in [0.5, 0.6) is 0 Å². The highest BCUT2D eigenvalue weighted by atomic mass is 19.1. The highest BCUT2D eigenvalue weighted by Crippen LogP contribution is 2.41.